The summed E-state index contributed by atoms with van der Waals surface area (Å²) in [6.45, 7) is 2.83. The molecule has 1 saturated heterocycles. The largest absolute Gasteiger partial charge is 0.466 e. The Hall–Kier alpha value is -2.80. The fourth-order valence-electron chi connectivity index (χ4n) is 3.06. The number of hydrogen-bond acceptors (Lipinski definition) is 6. The molecule has 1 aromatic heterocycles. The molecule has 0 radical (unpaired) electrons. The van der Waals surface area contributed by atoms with Crippen molar-refractivity contribution in [2.24, 2.45) is 0 Å². The Morgan fingerprint density at radius 3 is 3.04 bits per heavy atom. The molecular formula is C20H23FN4O2. The van der Waals surface area contributed by atoms with Crippen LogP contribution in [0.3, 0.4) is 0 Å². The number of methoxy groups -OCH3 is 1. The van der Waals surface area contributed by atoms with Gasteiger partial charge in [0.2, 0.25) is 0 Å². The molecule has 0 spiro atoms. The molecule has 0 aliphatic carbocycles. The third kappa shape index (κ3) is 5.86. The lowest BCUT2D eigenvalue weighted by atomic mass is 10.1. The van der Waals surface area contributed by atoms with Crippen LogP contribution < -0.4 is 5.32 Å². The van der Waals surface area contributed by atoms with Gasteiger partial charge >= 0.3 is 5.97 Å². The van der Waals surface area contributed by atoms with Crippen LogP contribution in [0.4, 0.5) is 10.2 Å². The predicted octanol–water partition coefficient (Wildman–Crippen LogP) is 2.53. The highest BCUT2D eigenvalue weighted by Crippen LogP contribution is 2.15. The average Bonchev–Trinajstić information content (AvgIpc) is 3.13. The Balaban J connectivity index is 1.45. The average molecular weight is 370 g/mol. The van der Waals surface area contributed by atoms with E-state index in [2.05, 4.69) is 24.9 Å². The third-order valence-corrected chi connectivity index (χ3v) is 4.49. The molecule has 6 nitrogen and oxygen atoms in total. The van der Waals surface area contributed by atoms with Gasteiger partial charge in [-0.1, -0.05) is 12.1 Å². The number of carbonyl (C=O) groups excluding carboxylic acids is 1. The fraction of sp³-hybridized carbons (Fsp3) is 0.350. The summed E-state index contributed by atoms with van der Waals surface area (Å²) < 4.78 is 17.8. The summed E-state index contributed by atoms with van der Waals surface area (Å²) in [5.41, 5.74) is 1.61. The quantitative estimate of drug-likeness (QED) is 0.597. The number of aromatic nitrogens is 2. The van der Waals surface area contributed by atoms with Gasteiger partial charge in [0.1, 0.15) is 11.6 Å². The van der Waals surface area contributed by atoms with E-state index in [1.807, 2.05) is 6.07 Å². The Bertz CT molecular complexity index is 795. The molecule has 0 bridgehead atoms. The van der Waals surface area contributed by atoms with Crippen molar-refractivity contribution in [1.82, 2.24) is 14.9 Å². The maximum Gasteiger partial charge on any atom is 0.330 e. The van der Waals surface area contributed by atoms with Gasteiger partial charge in [-0.2, -0.15) is 0 Å². The second kappa shape index (κ2) is 9.23. The SMILES string of the molecule is COC(=O)/C=C/c1cnc(N[C@@H]2CCN(CCc3cccc(F)c3)C2)cn1. The minimum atomic E-state index is -0.428. The van der Waals surface area contributed by atoms with E-state index >= 15 is 0 Å². The zero-order valence-corrected chi connectivity index (χ0v) is 15.3. The molecule has 0 unspecified atom stereocenters. The third-order valence-electron chi connectivity index (χ3n) is 4.49. The van der Waals surface area contributed by atoms with Crippen LogP contribution in [0.15, 0.2) is 42.7 Å². The van der Waals surface area contributed by atoms with Gasteiger partial charge in [-0.25, -0.2) is 14.2 Å². The van der Waals surface area contributed by atoms with Crippen LogP contribution in [0.1, 0.15) is 17.7 Å². The lowest BCUT2D eigenvalue weighted by Crippen LogP contribution is -2.28. The number of nitrogens with one attached hydrogen (secondary N) is 1. The number of likely N-dealkylation sites (tertiary alicyclic amines) is 1. The van der Waals surface area contributed by atoms with Crippen LogP contribution >= 0.6 is 0 Å². The molecule has 1 aliphatic rings. The summed E-state index contributed by atoms with van der Waals surface area (Å²) in [4.78, 5) is 22.0. The molecule has 0 saturated carbocycles. The molecule has 1 atom stereocenters. The van der Waals surface area contributed by atoms with E-state index in [4.69, 9.17) is 0 Å². The van der Waals surface area contributed by atoms with Crippen LogP contribution in [0.5, 0.6) is 0 Å². The number of halogens is 1. The highest BCUT2D eigenvalue weighted by molar-refractivity contribution is 5.86. The number of benzene rings is 1. The Labute approximate surface area is 158 Å². The Morgan fingerprint density at radius 2 is 2.30 bits per heavy atom. The van der Waals surface area contributed by atoms with Gasteiger partial charge in [-0.3, -0.25) is 4.98 Å². The van der Waals surface area contributed by atoms with Crippen LogP contribution in [0.25, 0.3) is 6.08 Å². The number of carbonyl (C=O) groups is 1. The summed E-state index contributed by atoms with van der Waals surface area (Å²) in [6, 6.07) is 7.08. The Morgan fingerprint density at radius 1 is 1.41 bits per heavy atom. The second-order valence-electron chi connectivity index (χ2n) is 6.49. The highest BCUT2D eigenvalue weighted by Gasteiger charge is 2.22. The first kappa shape index (κ1) is 19.0. The van der Waals surface area contributed by atoms with Gasteiger partial charge in [0, 0.05) is 31.8 Å². The van der Waals surface area contributed by atoms with Gasteiger partial charge in [-0.05, 0) is 36.6 Å². The first-order chi connectivity index (χ1) is 13.1. The maximum absolute atomic E-state index is 13.2. The van der Waals surface area contributed by atoms with E-state index in [-0.39, 0.29) is 5.82 Å². The van der Waals surface area contributed by atoms with Gasteiger partial charge in [0.25, 0.3) is 0 Å². The van der Waals surface area contributed by atoms with Crippen molar-refractivity contribution in [2.45, 2.75) is 18.9 Å². The number of rotatable bonds is 7. The molecule has 2 heterocycles. The lowest BCUT2D eigenvalue weighted by Gasteiger charge is -2.17. The number of anilines is 1. The van der Waals surface area contributed by atoms with Crippen LogP contribution in [-0.4, -0.2) is 53.6 Å². The van der Waals surface area contributed by atoms with Gasteiger partial charge < -0.3 is 15.0 Å². The minimum absolute atomic E-state index is 0.183. The van der Waals surface area contributed by atoms with Gasteiger partial charge in [0.15, 0.2) is 0 Å². The first-order valence-electron chi connectivity index (χ1n) is 8.94. The molecule has 0 amide bonds. The van der Waals surface area contributed by atoms with Crippen molar-refractivity contribution >= 4 is 17.9 Å². The number of esters is 1. The molecule has 142 valence electrons. The van der Waals surface area contributed by atoms with E-state index < -0.39 is 5.97 Å². The van der Waals surface area contributed by atoms with Crippen molar-refractivity contribution in [2.75, 3.05) is 32.1 Å². The summed E-state index contributed by atoms with van der Waals surface area (Å²) in [5.74, 6) is 0.0994. The molecule has 2 aromatic rings. The number of nitrogens with zero attached hydrogens (tertiary/aromatic N) is 3. The van der Waals surface area contributed by atoms with E-state index in [1.165, 1.54) is 19.3 Å². The summed E-state index contributed by atoms with van der Waals surface area (Å²) in [7, 11) is 1.33. The topological polar surface area (TPSA) is 67.3 Å². The van der Waals surface area contributed by atoms with Crippen molar-refractivity contribution in [3.8, 4) is 0 Å². The highest BCUT2D eigenvalue weighted by atomic mass is 19.1. The lowest BCUT2D eigenvalue weighted by molar-refractivity contribution is -0.134. The van der Waals surface area contributed by atoms with Gasteiger partial charge in [-0.15, -0.1) is 0 Å². The van der Waals surface area contributed by atoms with Crippen LogP contribution in [0, 0.1) is 5.82 Å². The molecule has 3 rings (SSSR count). The van der Waals surface area contributed by atoms with Crippen molar-refractivity contribution < 1.29 is 13.9 Å². The zero-order valence-electron chi connectivity index (χ0n) is 15.3. The molecular weight excluding hydrogens is 347 g/mol. The second-order valence-corrected chi connectivity index (χ2v) is 6.49. The molecule has 27 heavy (non-hydrogen) atoms. The van der Waals surface area contributed by atoms with E-state index in [9.17, 15) is 9.18 Å². The van der Waals surface area contributed by atoms with Crippen molar-refractivity contribution in [1.29, 1.82) is 0 Å². The maximum atomic E-state index is 13.2. The number of hydrogen-bond donors (Lipinski definition) is 1. The molecule has 7 heteroatoms. The first-order valence-corrected chi connectivity index (χ1v) is 8.94. The normalized spacial score (nSPS) is 17.3. The molecule has 1 aliphatic heterocycles. The van der Waals surface area contributed by atoms with Gasteiger partial charge in [0.05, 0.1) is 25.2 Å². The molecule has 1 N–H and O–H groups in total. The Kier molecular flexibility index (Phi) is 6.49. The summed E-state index contributed by atoms with van der Waals surface area (Å²) in [6.07, 6.45) is 8.00. The summed E-state index contributed by atoms with van der Waals surface area (Å²) >= 11 is 0. The van der Waals surface area contributed by atoms with Crippen molar-refractivity contribution in [3.63, 3.8) is 0 Å². The van der Waals surface area contributed by atoms with E-state index in [1.54, 1.807) is 30.6 Å². The fourth-order valence-corrected chi connectivity index (χ4v) is 3.06. The van der Waals surface area contributed by atoms with Crippen molar-refractivity contribution in [3.05, 3.63) is 59.8 Å². The van der Waals surface area contributed by atoms with E-state index in [0.29, 0.717) is 17.6 Å². The smallest absolute Gasteiger partial charge is 0.330 e. The number of ether oxygens (including phenoxy) is 1. The van der Waals surface area contributed by atoms with E-state index in [0.717, 1.165) is 38.0 Å². The van der Waals surface area contributed by atoms with Crippen LogP contribution in [0.2, 0.25) is 0 Å². The standard InChI is InChI=1S/C20H23FN4O2/c1-27-20(26)6-5-17-12-23-19(13-22-17)24-18-8-10-25(14-18)9-7-15-3-2-4-16(21)11-15/h2-6,11-13,18H,7-10,14H2,1H3,(H,23,24)/b6-5+/t18-/m1/s1. The zero-order chi connectivity index (χ0) is 19.1. The monoisotopic (exact) mass is 370 g/mol. The summed E-state index contributed by atoms with van der Waals surface area (Å²) in [5, 5.41) is 3.39. The molecule has 1 aromatic carbocycles. The molecule has 1 fully saturated rings. The minimum Gasteiger partial charge on any atom is -0.466 e. The van der Waals surface area contributed by atoms with Crippen LogP contribution in [-0.2, 0) is 16.0 Å². The predicted molar refractivity (Wildman–Crippen MR) is 102 cm³/mol.